The second-order valence-corrected chi connectivity index (χ2v) is 7.14. The fourth-order valence-electron chi connectivity index (χ4n) is 3.25. The molecule has 0 amide bonds. The number of nitriles is 1. The third-order valence-corrected chi connectivity index (χ3v) is 5.18. The molecule has 0 radical (unpaired) electrons. The fraction of sp³-hybridized carbons (Fsp3) is 0.300. The van der Waals surface area contributed by atoms with Crippen LogP contribution in [0.1, 0.15) is 12.5 Å². The molecule has 146 valence electrons. The first-order chi connectivity index (χ1) is 13.5. The number of benzene rings is 1. The second kappa shape index (κ2) is 8.93. The highest BCUT2D eigenvalue weighted by molar-refractivity contribution is 6.30. The molecule has 4 N–H and O–H groups in total. The Hall–Kier alpha value is -2.79. The molecule has 2 heterocycles. The monoisotopic (exact) mass is 397 g/mol. The number of hydrogen-bond donors (Lipinski definition) is 2. The number of pyridine rings is 1. The third-order valence-electron chi connectivity index (χ3n) is 4.95. The van der Waals surface area contributed by atoms with Crippen molar-refractivity contribution in [3.8, 4) is 6.07 Å². The van der Waals surface area contributed by atoms with Gasteiger partial charge in [-0.1, -0.05) is 17.7 Å². The largest absolute Gasteiger partial charge is 0.400 e. The molecule has 1 unspecified atom stereocenters. The van der Waals surface area contributed by atoms with Crippen LogP contribution in [0.4, 0.5) is 11.5 Å². The van der Waals surface area contributed by atoms with Gasteiger partial charge in [0.25, 0.3) is 0 Å². The maximum atomic E-state index is 9.28. The Bertz CT molecular complexity index is 884. The van der Waals surface area contributed by atoms with Gasteiger partial charge < -0.3 is 10.6 Å². The smallest absolute Gasteiger partial charge is 0.146 e. The Labute approximate surface area is 170 Å². The Morgan fingerprint density at radius 3 is 2.71 bits per heavy atom. The molecule has 0 aliphatic carbocycles. The SMILES string of the molecule is CC(/C(N)=C/N(N)c1cccc(Cl)c1)N1CCN(c2ncccc2C#N)CC1. The van der Waals surface area contributed by atoms with Gasteiger partial charge in [0.2, 0.25) is 0 Å². The summed E-state index contributed by atoms with van der Waals surface area (Å²) in [6, 6.07) is 13.1. The fourth-order valence-corrected chi connectivity index (χ4v) is 3.43. The molecule has 3 rings (SSSR count). The van der Waals surface area contributed by atoms with Gasteiger partial charge in [0.05, 0.1) is 11.3 Å². The molecule has 1 aromatic carbocycles. The van der Waals surface area contributed by atoms with Gasteiger partial charge in [0.15, 0.2) is 0 Å². The first kappa shape index (κ1) is 20.0. The van der Waals surface area contributed by atoms with Crippen molar-refractivity contribution in [2.45, 2.75) is 13.0 Å². The van der Waals surface area contributed by atoms with Crippen molar-refractivity contribution in [2.75, 3.05) is 36.1 Å². The van der Waals surface area contributed by atoms with Gasteiger partial charge in [-0.25, -0.2) is 10.8 Å². The molecule has 1 atom stereocenters. The minimum absolute atomic E-state index is 0.0338. The summed E-state index contributed by atoms with van der Waals surface area (Å²) in [4.78, 5) is 8.81. The van der Waals surface area contributed by atoms with Crippen molar-refractivity contribution in [3.05, 3.63) is 65.1 Å². The molecule has 1 aromatic heterocycles. The lowest BCUT2D eigenvalue weighted by atomic mass is 10.1. The van der Waals surface area contributed by atoms with E-state index in [9.17, 15) is 5.26 Å². The van der Waals surface area contributed by atoms with Crippen LogP contribution in [0.15, 0.2) is 54.5 Å². The number of hydrogen-bond acceptors (Lipinski definition) is 7. The Balaban J connectivity index is 1.63. The van der Waals surface area contributed by atoms with E-state index in [1.165, 1.54) is 5.01 Å². The predicted molar refractivity (Wildman–Crippen MR) is 113 cm³/mol. The quantitative estimate of drug-likeness (QED) is 0.589. The number of nitrogens with two attached hydrogens (primary N) is 2. The average molecular weight is 398 g/mol. The van der Waals surface area contributed by atoms with Crippen molar-refractivity contribution >= 4 is 23.1 Å². The summed E-state index contributed by atoms with van der Waals surface area (Å²) < 4.78 is 0. The van der Waals surface area contributed by atoms with Crippen LogP contribution in [-0.2, 0) is 0 Å². The van der Waals surface area contributed by atoms with Gasteiger partial charge in [0.1, 0.15) is 11.9 Å². The van der Waals surface area contributed by atoms with Crippen LogP contribution in [0.3, 0.4) is 0 Å². The van der Waals surface area contributed by atoms with Crippen molar-refractivity contribution in [1.29, 1.82) is 5.26 Å². The van der Waals surface area contributed by atoms with Crippen molar-refractivity contribution in [1.82, 2.24) is 9.88 Å². The van der Waals surface area contributed by atoms with Gasteiger partial charge in [-0.2, -0.15) is 5.26 Å². The molecule has 1 fully saturated rings. The molecule has 7 nitrogen and oxygen atoms in total. The summed E-state index contributed by atoms with van der Waals surface area (Å²) in [7, 11) is 0. The van der Waals surface area contributed by atoms with Crippen LogP contribution in [-0.4, -0.2) is 42.1 Å². The van der Waals surface area contributed by atoms with Crippen LogP contribution < -0.4 is 21.5 Å². The number of hydrazine groups is 1. The number of halogens is 1. The summed E-state index contributed by atoms with van der Waals surface area (Å²) in [5, 5.41) is 11.4. The summed E-state index contributed by atoms with van der Waals surface area (Å²) in [6.45, 7) is 5.26. The Morgan fingerprint density at radius 2 is 2.04 bits per heavy atom. The molecule has 0 bridgehead atoms. The lowest BCUT2D eigenvalue weighted by Gasteiger charge is -2.39. The number of rotatable bonds is 5. The molecular weight excluding hydrogens is 374 g/mol. The molecule has 1 aliphatic rings. The predicted octanol–water partition coefficient (Wildman–Crippen LogP) is 2.30. The number of anilines is 2. The zero-order chi connectivity index (χ0) is 20.1. The van der Waals surface area contributed by atoms with Crippen LogP contribution >= 0.6 is 11.6 Å². The number of aromatic nitrogens is 1. The second-order valence-electron chi connectivity index (χ2n) is 6.70. The molecule has 1 aliphatic heterocycles. The van der Waals surface area contributed by atoms with Gasteiger partial charge in [-0.3, -0.25) is 9.91 Å². The highest BCUT2D eigenvalue weighted by Crippen LogP contribution is 2.21. The molecule has 0 saturated carbocycles. The molecule has 0 spiro atoms. The minimum Gasteiger partial charge on any atom is -0.400 e. The Kier molecular flexibility index (Phi) is 6.37. The Morgan fingerprint density at radius 1 is 1.29 bits per heavy atom. The van der Waals surface area contributed by atoms with Gasteiger partial charge in [0, 0.05) is 55.3 Å². The van der Waals surface area contributed by atoms with E-state index < -0.39 is 0 Å². The number of piperazine rings is 1. The maximum Gasteiger partial charge on any atom is 0.146 e. The standard InChI is InChI=1S/C20H24ClN7/c1-15(19(23)14-28(24)18-6-2-5-17(21)12-18)26-8-10-27(11-9-26)20-16(13-22)4-3-7-25-20/h2-7,12,14-15H,8-11,23-24H2,1H3/b19-14-. The third kappa shape index (κ3) is 4.54. The number of nitrogens with zero attached hydrogens (tertiary/aromatic N) is 5. The van der Waals surface area contributed by atoms with Gasteiger partial charge >= 0.3 is 0 Å². The van der Waals surface area contributed by atoms with E-state index in [0.29, 0.717) is 16.3 Å². The van der Waals surface area contributed by atoms with Crippen molar-refractivity contribution in [2.24, 2.45) is 11.6 Å². The average Bonchev–Trinajstić information content (AvgIpc) is 2.73. The zero-order valence-corrected chi connectivity index (χ0v) is 16.5. The lowest BCUT2D eigenvalue weighted by molar-refractivity contribution is 0.218. The van der Waals surface area contributed by atoms with Crippen LogP contribution in [0.2, 0.25) is 5.02 Å². The lowest BCUT2D eigenvalue weighted by Crippen LogP contribution is -2.51. The summed E-state index contributed by atoms with van der Waals surface area (Å²) >= 11 is 6.02. The van der Waals surface area contributed by atoms with E-state index in [1.54, 1.807) is 36.7 Å². The molecule has 2 aromatic rings. The van der Waals surface area contributed by atoms with Crippen LogP contribution in [0.5, 0.6) is 0 Å². The maximum absolute atomic E-state index is 9.28. The highest BCUT2D eigenvalue weighted by atomic mass is 35.5. The molecule has 8 heteroatoms. The first-order valence-corrected chi connectivity index (χ1v) is 9.48. The highest BCUT2D eigenvalue weighted by Gasteiger charge is 2.24. The normalized spacial score (nSPS) is 16.5. The van der Waals surface area contributed by atoms with Crippen LogP contribution in [0, 0.1) is 11.3 Å². The minimum atomic E-state index is 0.0338. The van der Waals surface area contributed by atoms with Crippen molar-refractivity contribution < 1.29 is 0 Å². The van der Waals surface area contributed by atoms with E-state index in [1.807, 2.05) is 12.1 Å². The van der Waals surface area contributed by atoms with Crippen LogP contribution in [0.25, 0.3) is 0 Å². The summed E-state index contributed by atoms with van der Waals surface area (Å²) in [5.74, 6) is 6.86. The van der Waals surface area contributed by atoms with E-state index in [2.05, 4.69) is 27.8 Å². The van der Waals surface area contributed by atoms with E-state index >= 15 is 0 Å². The summed E-state index contributed by atoms with van der Waals surface area (Å²) in [6.07, 6.45) is 3.45. The van der Waals surface area contributed by atoms with Gasteiger partial charge in [-0.05, 0) is 37.3 Å². The van der Waals surface area contributed by atoms with E-state index in [0.717, 1.165) is 37.7 Å². The molecule has 28 heavy (non-hydrogen) atoms. The van der Waals surface area contributed by atoms with Gasteiger partial charge in [-0.15, -0.1) is 0 Å². The zero-order valence-electron chi connectivity index (χ0n) is 15.8. The van der Waals surface area contributed by atoms with E-state index in [-0.39, 0.29) is 6.04 Å². The molecule has 1 saturated heterocycles. The van der Waals surface area contributed by atoms with E-state index in [4.69, 9.17) is 23.2 Å². The topological polar surface area (TPSA) is 98.4 Å². The first-order valence-electron chi connectivity index (χ1n) is 9.10. The summed E-state index contributed by atoms with van der Waals surface area (Å²) in [5.41, 5.74) is 8.35. The molecular formula is C20H24ClN7. The van der Waals surface area contributed by atoms with Crippen molar-refractivity contribution in [3.63, 3.8) is 0 Å².